The van der Waals surface area contributed by atoms with Gasteiger partial charge in [-0.05, 0) is 62.6 Å². The highest BCUT2D eigenvalue weighted by Gasteiger charge is 2.12. The number of aryl methyl sites for hydroxylation is 2. The number of aromatic nitrogens is 2. The van der Waals surface area contributed by atoms with Crippen molar-refractivity contribution < 1.29 is 18.8 Å². The Hall–Kier alpha value is -3.48. The molecule has 0 aliphatic rings. The number of ether oxygens (including phenoxy) is 2. The lowest BCUT2D eigenvalue weighted by atomic mass is 10.1. The highest BCUT2D eigenvalue weighted by Crippen LogP contribution is 2.27. The molecule has 0 aliphatic carbocycles. The van der Waals surface area contributed by atoms with Gasteiger partial charge in [0.05, 0.1) is 14.2 Å². The minimum atomic E-state index is -0.141. The van der Waals surface area contributed by atoms with E-state index in [2.05, 4.69) is 10.5 Å². The van der Waals surface area contributed by atoms with Crippen LogP contribution in [0.25, 0.3) is 11.9 Å². The lowest BCUT2D eigenvalue weighted by molar-refractivity contribution is -0.116. The smallest absolute Gasteiger partial charge is 0.244 e. The predicted octanol–water partition coefficient (Wildman–Crippen LogP) is 3.78. The van der Waals surface area contributed by atoms with Crippen molar-refractivity contribution in [2.24, 2.45) is 0 Å². The fraction of sp³-hybridized carbons (Fsp3) is 0.304. The monoisotopic (exact) mass is 409 g/mol. The molecule has 0 unspecified atom stereocenters. The van der Waals surface area contributed by atoms with Gasteiger partial charge in [-0.15, -0.1) is 0 Å². The second-order valence-corrected chi connectivity index (χ2v) is 7.02. The minimum absolute atomic E-state index is 0.141. The maximum Gasteiger partial charge on any atom is 0.244 e. The van der Waals surface area contributed by atoms with Gasteiger partial charge in [0, 0.05) is 30.1 Å². The van der Waals surface area contributed by atoms with Gasteiger partial charge in [0.1, 0.15) is 5.76 Å². The van der Waals surface area contributed by atoms with Crippen molar-refractivity contribution in [3.8, 4) is 17.3 Å². The third-order valence-electron chi connectivity index (χ3n) is 4.89. The van der Waals surface area contributed by atoms with Crippen LogP contribution in [0, 0.1) is 20.8 Å². The standard InChI is InChI=1S/C23H27N3O4/c1-15-12-19(17(3)26(15)22-13-16(2)30-25-22)7-9-23(27)24-11-10-18-6-8-20(28-4)21(14-18)29-5/h6-9,12-14H,10-11H2,1-5H3,(H,24,27)/b9-7+. The van der Waals surface area contributed by atoms with Gasteiger partial charge in [-0.25, -0.2) is 0 Å². The van der Waals surface area contributed by atoms with Crippen LogP contribution in [-0.4, -0.2) is 36.4 Å². The van der Waals surface area contributed by atoms with E-state index in [1.54, 1.807) is 20.3 Å². The molecule has 7 nitrogen and oxygen atoms in total. The van der Waals surface area contributed by atoms with Gasteiger partial charge in [0.25, 0.3) is 0 Å². The normalized spacial score (nSPS) is 11.1. The average molecular weight is 409 g/mol. The quantitative estimate of drug-likeness (QED) is 0.573. The molecule has 0 aliphatic heterocycles. The molecule has 158 valence electrons. The van der Waals surface area contributed by atoms with Crippen molar-refractivity contribution in [1.29, 1.82) is 0 Å². The molecule has 0 atom stereocenters. The van der Waals surface area contributed by atoms with Gasteiger partial charge in [-0.2, -0.15) is 0 Å². The van der Waals surface area contributed by atoms with Crippen molar-refractivity contribution in [3.05, 3.63) is 64.7 Å². The van der Waals surface area contributed by atoms with E-state index in [0.29, 0.717) is 24.5 Å². The summed E-state index contributed by atoms with van der Waals surface area (Å²) in [4.78, 5) is 12.2. The zero-order valence-electron chi connectivity index (χ0n) is 18.0. The highest BCUT2D eigenvalue weighted by atomic mass is 16.5. The van der Waals surface area contributed by atoms with E-state index >= 15 is 0 Å². The zero-order chi connectivity index (χ0) is 21.7. The summed E-state index contributed by atoms with van der Waals surface area (Å²) in [5.74, 6) is 2.72. The molecule has 30 heavy (non-hydrogen) atoms. The van der Waals surface area contributed by atoms with E-state index in [1.807, 2.05) is 61.7 Å². The fourth-order valence-corrected chi connectivity index (χ4v) is 3.36. The van der Waals surface area contributed by atoms with Crippen LogP contribution in [0.15, 0.2) is 40.9 Å². The number of carbonyl (C=O) groups excluding carboxylic acids is 1. The summed E-state index contributed by atoms with van der Waals surface area (Å²) in [7, 11) is 3.21. The van der Waals surface area contributed by atoms with E-state index in [0.717, 1.165) is 34.1 Å². The molecule has 7 heteroatoms. The molecular formula is C23H27N3O4. The first-order chi connectivity index (χ1) is 14.4. The van der Waals surface area contributed by atoms with Crippen molar-refractivity contribution in [2.45, 2.75) is 27.2 Å². The fourth-order valence-electron chi connectivity index (χ4n) is 3.36. The van der Waals surface area contributed by atoms with Crippen molar-refractivity contribution in [2.75, 3.05) is 20.8 Å². The molecule has 1 N–H and O–H groups in total. The number of nitrogens with one attached hydrogen (secondary N) is 1. The molecule has 3 aromatic rings. The van der Waals surface area contributed by atoms with Crippen molar-refractivity contribution in [1.82, 2.24) is 15.0 Å². The average Bonchev–Trinajstić information content (AvgIpc) is 3.28. The van der Waals surface area contributed by atoms with Gasteiger partial charge < -0.3 is 19.3 Å². The minimum Gasteiger partial charge on any atom is -0.493 e. The summed E-state index contributed by atoms with van der Waals surface area (Å²) in [5.41, 5.74) is 4.04. The Morgan fingerprint density at radius 1 is 1.13 bits per heavy atom. The third kappa shape index (κ3) is 4.74. The summed E-state index contributed by atoms with van der Waals surface area (Å²) in [6.07, 6.45) is 4.06. The molecule has 2 aromatic heterocycles. The Morgan fingerprint density at radius 2 is 1.90 bits per heavy atom. The second kappa shape index (κ2) is 9.35. The number of hydrogen-bond donors (Lipinski definition) is 1. The van der Waals surface area contributed by atoms with Gasteiger partial charge >= 0.3 is 0 Å². The van der Waals surface area contributed by atoms with Gasteiger partial charge in [0.15, 0.2) is 17.3 Å². The number of carbonyl (C=O) groups is 1. The maximum absolute atomic E-state index is 12.2. The van der Waals surface area contributed by atoms with Crippen LogP contribution in [-0.2, 0) is 11.2 Å². The van der Waals surface area contributed by atoms with E-state index in [9.17, 15) is 4.79 Å². The van der Waals surface area contributed by atoms with Gasteiger partial charge in [-0.1, -0.05) is 11.2 Å². The number of nitrogens with zero attached hydrogens (tertiary/aromatic N) is 2. The molecular weight excluding hydrogens is 382 g/mol. The van der Waals surface area contributed by atoms with E-state index in [1.165, 1.54) is 0 Å². The number of methoxy groups -OCH3 is 2. The van der Waals surface area contributed by atoms with Crippen LogP contribution in [0.2, 0.25) is 0 Å². The molecule has 0 bridgehead atoms. The summed E-state index contributed by atoms with van der Waals surface area (Å²) in [5, 5.41) is 6.99. The Bertz CT molecular complexity index is 1060. The largest absolute Gasteiger partial charge is 0.493 e. The Morgan fingerprint density at radius 3 is 2.57 bits per heavy atom. The van der Waals surface area contributed by atoms with Gasteiger partial charge in [-0.3, -0.25) is 9.36 Å². The number of rotatable bonds is 8. The molecule has 0 radical (unpaired) electrons. The molecule has 3 rings (SSSR count). The predicted molar refractivity (Wildman–Crippen MR) is 115 cm³/mol. The first kappa shape index (κ1) is 21.2. The van der Waals surface area contributed by atoms with Crippen molar-refractivity contribution >= 4 is 12.0 Å². The van der Waals surface area contributed by atoms with E-state index in [-0.39, 0.29) is 5.91 Å². The highest BCUT2D eigenvalue weighted by molar-refractivity contribution is 5.91. The molecule has 0 saturated carbocycles. The maximum atomic E-state index is 12.2. The Labute approximate surface area is 176 Å². The van der Waals surface area contributed by atoms with E-state index in [4.69, 9.17) is 14.0 Å². The SMILES string of the molecule is COc1ccc(CCNC(=O)/C=C/c2cc(C)n(-c3cc(C)on3)c2C)cc1OC. The van der Waals surface area contributed by atoms with Gasteiger partial charge in [0.2, 0.25) is 5.91 Å². The topological polar surface area (TPSA) is 78.5 Å². The lowest BCUT2D eigenvalue weighted by Gasteiger charge is -2.09. The van der Waals surface area contributed by atoms with Crippen molar-refractivity contribution in [3.63, 3.8) is 0 Å². The summed E-state index contributed by atoms with van der Waals surface area (Å²) in [6, 6.07) is 9.65. The van der Waals surface area contributed by atoms with Crippen LogP contribution in [0.4, 0.5) is 0 Å². The third-order valence-corrected chi connectivity index (χ3v) is 4.89. The molecule has 0 fully saturated rings. The molecule has 0 saturated heterocycles. The Kier molecular flexibility index (Phi) is 6.61. The molecule has 1 aromatic carbocycles. The summed E-state index contributed by atoms with van der Waals surface area (Å²) in [6.45, 7) is 6.37. The van der Waals surface area contributed by atoms with E-state index < -0.39 is 0 Å². The number of amides is 1. The van der Waals surface area contributed by atoms with Crippen LogP contribution in [0.5, 0.6) is 11.5 Å². The summed E-state index contributed by atoms with van der Waals surface area (Å²) < 4.78 is 17.7. The first-order valence-electron chi connectivity index (χ1n) is 9.72. The van der Waals surface area contributed by atoms with Crippen LogP contribution in [0.1, 0.15) is 28.3 Å². The number of benzene rings is 1. The lowest BCUT2D eigenvalue weighted by Crippen LogP contribution is -2.23. The second-order valence-electron chi connectivity index (χ2n) is 7.02. The van der Waals surface area contributed by atoms with Crippen LogP contribution >= 0.6 is 0 Å². The Balaban J connectivity index is 1.59. The number of hydrogen-bond acceptors (Lipinski definition) is 5. The zero-order valence-corrected chi connectivity index (χ0v) is 18.0. The summed E-state index contributed by atoms with van der Waals surface area (Å²) >= 11 is 0. The molecule has 0 spiro atoms. The van der Waals surface area contributed by atoms with Crippen LogP contribution in [0.3, 0.4) is 0 Å². The first-order valence-corrected chi connectivity index (χ1v) is 9.72. The molecule has 2 heterocycles. The van der Waals surface area contributed by atoms with Crippen LogP contribution < -0.4 is 14.8 Å². The molecule has 1 amide bonds.